The third kappa shape index (κ3) is 3.95. The van der Waals surface area contributed by atoms with Crippen molar-refractivity contribution in [3.8, 4) is 11.5 Å². The number of phenolic OH excluding ortho intramolecular Hbond substituents is 1. The van der Waals surface area contributed by atoms with Crippen molar-refractivity contribution in [2.45, 2.75) is 39.5 Å². The van der Waals surface area contributed by atoms with Gasteiger partial charge in [0.2, 0.25) is 0 Å². The molecular weight excluding hydrogens is 232 g/mol. The van der Waals surface area contributed by atoms with Crippen LogP contribution in [0.2, 0.25) is 0 Å². The van der Waals surface area contributed by atoms with Crippen molar-refractivity contribution in [2.24, 2.45) is 5.92 Å². The number of rotatable bonds is 6. The van der Waals surface area contributed by atoms with Crippen LogP contribution in [0.4, 0.5) is 0 Å². The van der Waals surface area contributed by atoms with Gasteiger partial charge >= 0.3 is 5.97 Å². The lowest BCUT2D eigenvalue weighted by Gasteiger charge is -2.09. The third-order valence-corrected chi connectivity index (χ3v) is 2.88. The summed E-state index contributed by atoms with van der Waals surface area (Å²) in [6, 6.07) is 2.47. The molecule has 0 radical (unpaired) electrons. The zero-order valence-electron chi connectivity index (χ0n) is 10.8. The maximum absolute atomic E-state index is 11.1. The summed E-state index contributed by atoms with van der Waals surface area (Å²) in [4.78, 5) is 11.1. The second kappa shape index (κ2) is 6.28. The monoisotopic (exact) mass is 252 g/mol. The molecule has 100 valence electrons. The second-order valence-corrected chi connectivity index (χ2v) is 4.94. The quantitative estimate of drug-likeness (QED) is 0.679. The Morgan fingerprint density at radius 3 is 2.44 bits per heavy atom. The maximum atomic E-state index is 11.1. The topological polar surface area (TPSA) is 77.8 Å². The van der Waals surface area contributed by atoms with E-state index in [0.717, 1.165) is 25.3 Å². The fourth-order valence-electron chi connectivity index (χ4n) is 1.98. The highest BCUT2D eigenvalue weighted by molar-refractivity contribution is 5.92. The molecule has 0 saturated carbocycles. The maximum Gasteiger partial charge on any atom is 0.339 e. The summed E-state index contributed by atoms with van der Waals surface area (Å²) in [5.41, 5.74) is 0.390. The van der Waals surface area contributed by atoms with Gasteiger partial charge in [0.25, 0.3) is 0 Å². The summed E-state index contributed by atoms with van der Waals surface area (Å²) in [6.07, 6.45) is 3.50. The van der Waals surface area contributed by atoms with Crippen LogP contribution in [0.5, 0.6) is 11.5 Å². The second-order valence-electron chi connectivity index (χ2n) is 4.94. The van der Waals surface area contributed by atoms with Crippen molar-refractivity contribution in [2.75, 3.05) is 0 Å². The van der Waals surface area contributed by atoms with Crippen molar-refractivity contribution in [3.05, 3.63) is 23.3 Å². The molecule has 4 heteroatoms. The molecule has 0 atom stereocenters. The van der Waals surface area contributed by atoms with E-state index in [2.05, 4.69) is 13.8 Å². The van der Waals surface area contributed by atoms with Crippen LogP contribution in [-0.4, -0.2) is 21.3 Å². The van der Waals surface area contributed by atoms with E-state index in [-0.39, 0.29) is 17.1 Å². The van der Waals surface area contributed by atoms with Gasteiger partial charge in [-0.2, -0.15) is 0 Å². The molecule has 1 rings (SSSR count). The molecule has 0 aliphatic carbocycles. The summed E-state index contributed by atoms with van der Waals surface area (Å²) in [6.45, 7) is 4.28. The Bertz CT molecular complexity index is 424. The van der Waals surface area contributed by atoms with Crippen LogP contribution in [0.1, 0.15) is 49.0 Å². The molecule has 0 aromatic heterocycles. The largest absolute Gasteiger partial charge is 0.508 e. The van der Waals surface area contributed by atoms with Gasteiger partial charge in [-0.25, -0.2) is 4.79 Å². The lowest BCUT2D eigenvalue weighted by Crippen LogP contribution is -2.03. The molecule has 0 fully saturated rings. The zero-order valence-corrected chi connectivity index (χ0v) is 10.8. The minimum absolute atomic E-state index is 0.0997. The molecule has 0 saturated heterocycles. The fourth-order valence-corrected chi connectivity index (χ4v) is 1.98. The molecule has 4 nitrogen and oxygen atoms in total. The number of phenols is 2. The fraction of sp³-hybridized carbons (Fsp3) is 0.500. The normalized spacial score (nSPS) is 10.8. The Hall–Kier alpha value is -1.71. The van der Waals surface area contributed by atoms with Gasteiger partial charge in [0.15, 0.2) is 0 Å². The van der Waals surface area contributed by atoms with E-state index in [0.29, 0.717) is 17.9 Å². The highest BCUT2D eigenvalue weighted by atomic mass is 16.4. The number of carbonyl (C=O) groups is 1. The van der Waals surface area contributed by atoms with E-state index in [4.69, 9.17) is 5.11 Å². The van der Waals surface area contributed by atoms with E-state index < -0.39 is 5.97 Å². The Balaban J connectivity index is 2.77. The molecule has 0 spiro atoms. The van der Waals surface area contributed by atoms with Crippen molar-refractivity contribution < 1.29 is 20.1 Å². The van der Waals surface area contributed by atoms with E-state index in [1.807, 2.05) is 0 Å². The summed E-state index contributed by atoms with van der Waals surface area (Å²) < 4.78 is 0. The Labute approximate surface area is 107 Å². The number of carboxylic acid groups (broad SMARTS) is 1. The predicted molar refractivity (Wildman–Crippen MR) is 69.1 cm³/mol. The number of hydrogen-bond acceptors (Lipinski definition) is 3. The first-order valence-corrected chi connectivity index (χ1v) is 6.20. The van der Waals surface area contributed by atoms with Crippen molar-refractivity contribution >= 4 is 5.97 Å². The Morgan fingerprint density at radius 2 is 1.89 bits per heavy atom. The molecule has 0 amide bonds. The SMILES string of the molecule is CC(C)CCCCc1cc(O)cc(O)c1C(=O)O. The average molecular weight is 252 g/mol. The van der Waals surface area contributed by atoms with Crippen LogP contribution in [0, 0.1) is 5.92 Å². The van der Waals surface area contributed by atoms with Crippen molar-refractivity contribution in [1.82, 2.24) is 0 Å². The predicted octanol–water partition coefficient (Wildman–Crippen LogP) is 3.16. The van der Waals surface area contributed by atoms with Gasteiger partial charge in [-0.05, 0) is 30.4 Å². The molecule has 0 unspecified atom stereocenters. The van der Waals surface area contributed by atoms with Gasteiger partial charge in [-0.3, -0.25) is 0 Å². The van der Waals surface area contributed by atoms with Crippen molar-refractivity contribution in [1.29, 1.82) is 0 Å². The molecular formula is C14H20O4. The van der Waals surface area contributed by atoms with Gasteiger partial charge in [0.1, 0.15) is 17.1 Å². The van der Waals surface area contributed by atoms with Gasteiger partial charge in [-0.1, -0.05) is 26.7 Å². The van der Waals surface area contributed by atoms with E-state index in [1.165, 1.54) is 6.07 Å². The lowest BCUT2D eigenvalue weighted by atomic mass is 9.98. The molecule has 0 bridgehead atoms. The Morgan fingerprint density at radius 1 is 1.22 bits per heavy atom. The molecule has 1 aromatic rings. The van der Waals surface area contributed by atoms with Gasteiger partial charge < -0.3 is 15.3 Å². The summed E-state index contributed by atoms with van der Waals surface area (Å²) >= 11 is 0. The number of unbranched alkanes of at least 4 members (excludes halogenated alkanes) is 1. The van der Waals surface area contributed by atoms with Crippen LogP contribution in [0.3, 0.4) is 0 Å². The van der Waals surface area contributed by atoms with Gasteiger partial charge in [0, 0.05) is 6.07 Å². The van der Waals surface area contributed by atoms with E-state index in [1.54, 1.807) is 0 Å². The highest BCUT2D eigenvalue weighted by Crippen LogP contribution is 2.28. The van der Waals surface area contributed by atoms with Crippen LogP contribution in [-0.2, 0) is 6.42 Å². The molecule has 1 aromatic carbocycles. The summed E-state index contributed by atoms with van der Waals surface area (Å²) in [5.74, 6) is -1.01. The molecule has 18 heavy (non-hydrogen) atoms. The zero-order chi connectivity index (χ0) is 13.7. The minimum atomic E-state index is -1.16. The number of carboxylic acids is 1. The first kappa shape index (κ1) is 14.4. The smallest absolute Gasteiger partial charge is 0.339 e. The number of aromatic hydroxyl groups is 2. The number of benzene rings is 1. The lowest BCUT2D eigenvalue weighted by molar-refractivity contribution is 0.0692. The van der Waals surface area contributed by atoms with E-state index in [9.17, 15) is 15.0 Å². The number of hydrogen-bond donors (Lipinski definition) is 3. The van der Waals surface area contributed by atoms with Crippen LogP contribution in [0.25, 0.3) is 0 Å². The number of aryl methyl sites for hydroxylation is 1. The van der Waals surface area contributed by atoms with Crippen LogP contribution >= 0.6 is 0 Å². The molecule has 0 heterocycles. The first-order chi connectivity index (χ1) is 8.41. The van der Waals surface area contributed by atoms with Crippen molar-refractivity contribution in [3.63, 3.8) is 0 Å². The average Bonchev–Trinajstić information content (AvgIpc) is 2.22. The molecule has 0 aliphatic heterocycles. The molecule has 0 aliphatic rings. The summed E-state index contributed by atoms with van der Waals surface area (Å²) in [5, 5.41) is 28.0. The Kier molecular flexibility index (Phi) is 5.01. The summed E-state index contributed by atoms with van der Waals surface area (Å²) in [7, 11) is 0. The van der Waals surface area contributed by atoms with Gasteiger partial charge in [0.05, 0.1) is 0 Å². The minimum Gasteiger partial charge on any atom is -0.508 e. The molecule has 3 N–H and O–H groups in total. The third-order valence-electron chi connectivity index (χ3n) is 2.88. The standard InChI is InChI=1S/C14H20O4/c1-9(2)5-3-4-6-10-7-11(15)8-12(16)13(10)14(17)18/h7-9,15-16H,3-6H2,1-2H3,(H,17,18). The van der Waals surface area contributed by atoms with Crippen LogP contribution < -0.4 is 0 Å². The highest BCUT2D eigenvalue weighted by Gasteiger charge is 2.16. The van der Waals surface area contributed by atoms with Gasteiger partial charge in [-0.15, -0.1) is 0 Å². The van der Waals surface area contributed by atoms with Crippen LogP contribution in [0.15, 0.2) is 12.1 Å². The first-order valence-electron chi connectivity index (χ1n) is 6.20. The van der Waals surface area contributed by atoms with E-state index >= 15 is 0 Å². The number of aromatic carboxylic acids is 1.